The van der Waals surface area contributed by atoms with E-state index in [-0.39, 0.29) is 0 Å². The molecule has 12 heavy (non-hydrogen) atoms. The SMILES string of the molecule is CN1CCc2c(I)cccc2C1. The lowest BCUT2D eigenvalue weighted by Crippen LogP contribution is -2.26. The zero-order valence-corrected chi connectivity index (χ0v) is 9.34. The number of fused-ring (bicyclic) bond motifs is 1. The Morgan fingerprint density at radius 1 is 1.42 bits per heavy atom. The number of rotatable bonds is 0. The third kappa shape index (κ3) is 1.50. The molecule has 1 aromatic rings. The molecule has 0 aromatic heterocycles. The maximum atomic E-state index is 2.43. The van der Waals surface area contributed by atoms with E-state index in [9.17, 15) is 0 Å². The van der Waals surface area contributed by atoms with E-state index in [2.05, 4.69) is 52.7 Å². The number of benzene rings is 1. The minimum atomic E-state index is 1.12. The fourth-order valence-corrected chi connectivity index (χ4v) is 2.53. The Balaban J connectivity index is 2.42. The first-order valence-electron chi connectivity index (χ1n) is 4.22. The predicted molar refractivity (Wildman–Crippen MR) is 59.2 cm³/mol. The first-order valence-corrected chi connectivity index (χ1v) is 5.30. The summed E-state index contributed by atoms with van der Waals surface area (Å²) in [5.74, 6) is 0. The van der Waals surface area contributed by atoms with E-state index in [0.29, 0.717) is 0 Å². The normalized spacial score (nSPS) is 17.5. The van der Waals surface area contributed by atoms with Gasteiger partial charge in [0.15, 0.2) is 0 Å². The van der Waals surface area contributed by atoms with Crippen molar-refractivity contribution in [2.75, 3.05) is 13.6 Å². The van der Waals surface area contributed by atoms with Crippen molar-refractivity contribution in [3.05, 3.63) is 32.9 Å². The maximum Gasteiger partial charge on any atom is 0.0233 e. The molecular weight excluding hydrogens is 261 g/mol. The van der Waals surface area contributed by atoms with Crippen LogP contribution in [0.2, 0.25) is 0 Å². The lowest BCUT2D eigenvalue weighted by atomic mass is 10.0. The average molecular weight is 273 g/mol. The summed E-state index contributed by atoms with van der Waals surface area (Å²) in [7, 11) is 2.18. The topological polar surface area (TPSA) is 3.24 Å². The highest BCUT2D eigenvalue weighted by Crippen LogP contribution is 2.22. The van der Waals surface area contributed by atoms with Gasteiger partial charge in [0.1, 0.15) is 0 Å². The number of hydrogen-bond acceptors (Lipinski definition) is 1. The molecule has 2 heteroatoms. The van der Waals surface area contributed by atoms with Crippen LogP contribution in [0.5, 0.6) is 0 Å². The molecule has 0 aliphatic carbocycles. The molecule has 2 rings (SSSR count). The molecule has 0 saturated heterocycles. The summed E-state index contributed by atoms with van der Waals surface area (Å²) in [4.78, 5) is 2.37. The Labute approximate surface area is 86.9 Å². The highest BCUT2D eigenvalue weighted by atomic mass is 127. The summed E-state index contributed by atoms with van der Waals surface area (Å²) in [6.45, 7) is 2.32. The van der Waals surface area contributed by atoms with Crippen LogP contribution in [-0.2, 0) is 13.0 Å². The molecule has 0 bridgehead atoms. The van der Waals surface area contributed by atoms with Gasteiger partial charge in [-0.1, -0.05) is 12.1 Å². The van der Waals surface area contributed by atoms with E-state index in [4.69, 9.17) is 0 Å². The van der Waals surface area contributed by atoms with Crippen molar-refractivity contribution in [3.8, 4) is 0 Å². The fourth-order valence-electron chi connectivity index (χ4n) is 1.70. The molecule has 1 aliphatic heterocycles. The van der Waals surface area contributed by atoms with E-state index in [1.165, 1.54) is 22.1 Å². The van der Waals surface area contributed by atoms with Crippen LogP contribution in [0.25, 0.3) is 0 Å². The molecule has 0 radical (unpaired) electrons. The fraction of sp³-hybridized carbons (Fsp3) is 0.400. The monoisotopic (exact) mass is 273 g/mol. The van der Waals surface area contributed by atoms with Gasteiger partial charge in [-0.05, 0) is 53.3 Å². The molecule has 1 aromatic carbocycles. The minimum Gasteiger partial charge on any atom is -0.302 e. The summed E-state index contributed by atoms with van der Waals surface area (Å²) >= 11 is 2.43. The molecule has 0 saturated carbocycles. The second kappa shape index (κ2) is 3.34. The van der Waals surface area contributed by atoms with Gasteiger partial charge in [0.05, 0.1) is 0 Å². The van der Waals surface area contributed by atoms with Gasteiger partial charge < -0.3 is 4.90 Å². The Kier molecular flexibility index (Phi) is 2.37. The average Bonchev–Trinajstić information content (AvgIpc) is 2.04. The molecule has 0 N–H and O–H groups in total. The van der Waals surface area contributed by atoms with E-state index >= 15 is 0 Å². The van der Waals surface area contributed by atoms with Crippen LogP contribution < -0.4 is 0 Å². The molecule has 0 atom stereocenters. The first kappa shape index (κ1) is 8.51. The molecular formula is C10H12IN. The van der Waals surface area contributed by atoms with Gasteiger partial charge in [0.2, 0.25) is 0 Å². The highest BCUT2D eigenvalue weighted by molar-refractivity contribution is 14.1. The summed E-state index contributed by atoms with van der Waals surface area (Å²) < 4.78 is 1.43. The van der Waals surface area contributed by atoms with Crippen LogP contribution in [-0.4, -0.2) is 18.5 Å². The number of likely N-dealkylation sites (N-methyl/N-ethyl adjacent to an activating group) is 1. The highest BCUT2D eigenvalue weighted by Gasteiger charge is 2.14. The van der Waals surface area contributed by atoms with E-state index in [0.717, 1.165) is 6.54 Å². The zero-order chi connectivity index (χ0) is 8.55. The van der Waals surface area contributed by atoms with Crippen molar-refractivity contribution >= 4 is 22.6 Å². The molecule has 0 spiro atoms. The Morgan fingerprint density at radius 3 is 3.08 bits per heavy atom. The van der Waals surface area contributed by atoms with E-state index < -0.39 is 0 Å². The van der Waals surface area contributed by atoms with E-state index in [1.54, 1.807) is 5.56 Å². The second-order valence-corrected chi connectivity index (χ2v) is 4.53. The molecule has 0 fully saturated rings. The van der Waals surface area contributed by atoms with Gasteiger partial charge in [-0.2, -0.15) is 0 Å². The Morgan fingerprint density at radius 2 is 2.25 bits per heavy atom. The van der Waals surface area contributed by atoms with Crippen LogP contribution in [0.1, 0.15) is 11.1 Å². The lowest BCUT2D eigenvalue weighted by molar-refractivity contribution is 0.312. The summed E-state index contributed by atoms with van der Waals surface area (Å²) in [5.41, 5.74) is 3.08. The van der Waals surface area contributed by atoms with Crippen molar-refractivity contribution in [3.63, 3.8) is 0 Å². The van der Waals surface area contributed by atoms with Crippen LogP contribution >= 0.6 is 22.6 Å². The third-order valence-electron chi connectivity index (χ3n) is 2.40. The molecule has 1 nitrogen and oxygen atoms in total. The van der Waals surface area contributed by atoms with Gasteiger partial charge in [-0.3, -0.25) is 0 Å². The number of hydrogen-bond donors (Lipinski definition) is 0. The lowest BCUT2D eigenvalue weighted by Gasteiger charge is -2.25. The Bertz CT molecular complexity index is 296. The van der Waals surface area contributed by atoms with Crippen molar-refractivity contribution in [1.29, 1.82) is 0 Å². The van der Waals surface area contributed by atoms with Crippen LogP contribution in [0, 0.1) is 3.57 Å². The van der Waals surface area contributed by atoms with Gasteiger partial charge >= 0.3 is 0 Å². The largest absolute Gasteiger partial charge is 0.302 e. The molecule has 64 valence electrons. The van der Waals surface area contributed by atoms with Crippen molar-refractivity contribution in [1.82, 2.24) is 4.90 Å². The van der Waals surface area contributed by atoms with E-state index in [1.807, 2.05) is 0 Å². The summed E-state index contributed by atoms with van der Waals surface area (Å²) in [6, 6.07) is 6.59. The molecule has 0 unspecified atom stereocenters. The maximum absolute atomic E-state index is 2.43. The van der Waals surface area contributed by atoms with Gasteiger partial charge in [0.25, 0.3) is 0 Å². The van der Waals surface area contributed by atoms with Crippen LogP contribution in [0.15, 0.2) is 18.2 Å². The summed E-state index contributed by atoms with van der Waals surface area (Å²) in [5, 5.41) is 0. The van der Waals surface area contributed by atoms with Gasteiger partial charge in [0, 0.05) is 16.7 Å². The summed E-state index contributed by atoms with van der Waals surface area (Å²) in [6.07, 6.45) is 1.21. The van der Waals surface area contributed by atoms with Crippen molar-refractivity contribution < 1.29 is 0 Å². The van der Waals surface area contributed by atoms with Crippen molar-refractivity contribution in [2.24, 2.45) is 0 Å². The molecule has 0 amide bonds. The first-order chi connectivity index (χ1) is 5.77. The Hall–Kier alpha value is -0.0900. The quantitative estimate of drug-likeness (QED) is 0.655. The predicted octanol–water partition coefficient (Wildman–Crippen LogP) is 2.28. The standard InChI is InChI=1S/C10H12IN/c1-12-6-5-9-8(7-12)3-2-4-10(9)11/h2-4H,5-7H2,1H3. The molecule has 1 heterocycles. The molecule has 1 aliphatic rings. The third-order valence-corrected chi connectivity index (χ3v) is 3.41. The van der Waals surface area contributed by atoms with Crippen LogP contribution in [0.3, 0.4) is 0 Å². The van der Waals surface area contributed by atoms with Gasteiger partial charge in [-0.15, -0.1) is 0 Å². The van der Waals surface area contributed by atoms with Gasteiger partial charge in [-0.25, -0.2) is 0 Å². The van der Waals surface area contributed by atoms with Crippen LogP contribution in [0.4, 0.5) is 0 Å². The smallest absolute Gasteiger partial charge is 0.0233 e. The minimum absolute atomic E-state index is 1.12. The van der Waals surface area contributed by atoms with Crippen molar-refractivity contribution in [2.45, 2.75) is 13.0 Å². The zero-order valence-electron chi connectivity index (χ0n) is 7.18. The number of halogens is 1. The number of nitrogens with zero attached hydrogens (tertiary/aromatic N) is 1. The second-order valence-electron chi connectivity index (χ2n) is 3.37.